The Kier molecular flexibility index (Phi) is 4.52. The lowest BCUT2D eigenvalue weighted by Crippen LogP contribution is -2.32. The van der Waals surface area contributed by atoms with E-state index in [1.165, 1.54) is 0 Å². The van der Waals surface area contributed by atoms with Gasteiger partial charge in [0.2, 0.25) is 0 Å². The fraction of sp³-hybridized carbons (Fsp3) is 0.625. The second-order valence-corrected chi connectivity index (χ2v) is 6.74. The zero-order valence-corrected chi connectivity index (χ0v) is 13.8. The summed E-state index contributed by atoms with van der Waals surface area (Å²) in [6.45, 7) is 13.4. The molecular formula is C16H27N5. The Morgan fingerprint density at radius 1 is 1.38 bits per heavy atom. The normalized spacial score (nSPS) is 13.6. The van der Waals surface area contributed by atoms with Crippen molar-refractivity contribution in [3.05, 3.63) is 24.2 Å². The summed E-state index contributed by atoms with van der Waals surface area (Å²) < 4.78 is 1.93. The lowest BCUT2D eigenvalue weighted by Gasteiger charge is -2.25. The summed E-state index contributed by atoms with van der Waals surface area (Å²) in [6, 6.07) is 2.15. The Morgan fingerprint density at radius 2 is 2.10 bits per heavy atom. The maximum absolute atomic E-state index is 5.76. The molecule has 2 rings (SSSR count). The van der Waals surface area contributed by atoms with Crippen LogP contribution in [0.15, 0.2) is 18.5 Å². The second kappa shape index (κ2) is 6.02. The fourth-order valence-electron chi connectivity index (χ4n) is 2.33. The lowest BCUT2D eigenvalue weighted by molar-refractivity contribution is 0.562. The van der Waals surface area contributed by atoms with E-state index in [1.807, 2.05) is 16.9 Å². The van der Waals surface area contributed by atoms with Crippen molar-refractivity contribution in [3.8, 4) is 0 Å². The molecule has 0 aliphatic rings. The van der Waals surface area contributed by atoms with E-state index in [0.717, 1.165) is 30.1 Å². The topological polar surface area (TPSA) is 59.5 Å². The first-order valence-electron chi connectivity index (χ1n) is 7.66. The number of rotatable bonds is 5. The zero-order chi connectivity index (χ0) is 15.6. The molecule has 2 N–H and O–H groups in total. The van der Waals surface area contributed by atoms with Crippen molar-refractivity contribution in [1.82, 2.24) is 14.6 Å². The minimum Gasteiger partial charge on any atom is -0.355 e. The number of aromatic nitrogens is 3. The highest BCUT2D eigenvalue weighted by molar-refractivity contribution is 5.69. The summed E-state index contributed by atoms with van der Waals surface area (Å²) in [5, 5.41) is 4.69. The fourth-order valence-corrected chi connectivity index (χ4v) is 2.33. The first-order chi connectivity index (χ1) is 9.86. The monoisotopic (exact) mass is 289 g/mol. The van der Waals surface area contributed by atoms with Crippen LogP contribution >= 0.6 is 0 Å². The van der Waals surface area contributed by atoms with E-state index in [0.29, 0.717) is 12.5 Å². The van der Waals surface area contributed by atoms with Crippen LogP contribution in [0.4, 0.5) is 5.82 Å². The summed E-state index contributed by atoms with van der Waals surface area (Å²) >= 11 is 0. The van der Waals surface area contributed by atoms with Crippen molar-refractivity contribution in [2.45, 2.75) is 40.0 Å². The molecule has 1 atom stereocenters. The van der Waals surface area contributed by atoms with Crippen LogP contribution in [0.5, 0.6) is 0 Å². The van der Waals surface area contributed by atoms with Gasteiger partial charge in [0.05, 0.1) is 5.69 Å². The molecule has 0 bridgehead atoms. The molecule has 0 aromatic carbocycles. The van der Waals surface area contributed by atoms with Gasteiger partial charge in [0, 0.05) is 30.9 Å². The van der Waals surface area contributed by atoms with Gasteiger partial charge in [-0.05, 0) is 25.5 Å². The van der Waals surface area contributed by atoms with Gasteiger partial charge in [0.1, 0.15) is 5.52 Å². The van der Waals surface area contributed by atoms with Crippen LogP contribution in [0.1, 0.15) is 40.3 Å². The molecule has 5 nitrogen and oxygen atoms in total. The second-order valence-electron chi connectivity index (χ2n) is 6.74. The predicted molar refractivity (Wildman–Crippen MR) is 87.8 cm³/mol. The van der Waals surface area contributed by atoms with Gasteiger partial charge in [0.25, 0.3) is 0 Å². The third kappa shape index (κ3) is 3.35. The van der Waals surface area contributed by atoms with Gasteiger partial charge < -0.3 is 10.6 Å². The molecule has 0 fully saturated rings. The number of fused-ring (bicyclic) bond motifs is 1. The molecular weight excluding hydrogens is 262 g/mol. The van der Waals surface area contributed by atoms with Crippen molar-refractivity contribution in [2.24, 2.45) is 11.7 Å². The van der Waals surface area contributed by atoms with E-state index in [1.54, 1.807) is 0 Å². The summed E-state index contributed by atoms with van der Waals surface area (Å²) in [5.74, 6) is 1.43. The molecule has 0 aliphatic heterocycles. The average Bonchev–Trinajstić information content (AvgIpc) is 2.88. The third-order valence-corrected chi connectivity index (χ3v) is 3.75. The molecule has 0 aliphatic carbocycles. The molecule has 0 amide bonds. The molecule has 21 heavy (non-hydrogen) atoms. The number of anilines is 1. The van der Waals surface area contributed by atoms with Crippen LogP contribution < -0.4 is 10.6 Å². The van der Waals surface area contributed by atoms with Gasteiger partial charge >= 0.3 is 0 Å². The van der Waals surface area contributed by atoms with Crippen LogP contribution in [0.3, 0.4) is 0 Å². The van der Waals surface area contributed by atoms with Crippen LogP contribution in [0, 0.1) is 5.92 Å². The van der Waals surface area contributed by atoms with Crippen LogP contribution in [-0.4, -0.2) is 34.2 Å². The zero-order valence-electron chi connectivity index (χ0n) is 13.8. The first kappa shape index (κ1) is 15.8. The van der Waals surface area contributed by atoms with Crippen LogP contribution in [0.2, 0.25) is 0 Å². The lowest BCUT2D eigenvalue weighted by atomic mass is 9.92. The van der Waals surface area contributed by atoms with Crippen molar-refractivity contribution >= 4 is 11.3 Å². The Labute approximate surface area is 127 Å². The Bertz CT molecular complexity index is 596. The van der Waals surface area contributed by atoms with Gasteiger partial charge in [-0.25, -0.2) is 9.50 Å². The SMILES string of the molecule is CCN(CC(C)CN)c1nccn2nc(C(C)(C)C)cc12. The molecule has 0 spiro atoms. The van der Waals surface area contributed by atoms with E-state index >= 15 is 0 Å². The van der Waals surface area contributed by atoms with E-state index in [2.05, 4.69) is 55.7 Å². The van der Waals surface area contributed by atoms with Crippen molar-refractivity contribution in [1.29, 1.82) is 0 Å². The number of nitrogens with zero attached hydrogens (tertiary/aromatic N) is 4. The van der Waals surface area contributed by atoms with Gasteiger partial charge in [-0.1, -0.05) is 27.7 Å². The quantitative estimate of drug-likeness (QED) is 0.918. The van der Waals surface area contributed by atoms with Crippen molar-refractivity contribution in [3.63, 3.8) is 0 Å². The number of nitrogens with two attached hydrogens (primary N) is 1. The Morgan fingerprint density at radius 3 is 2.67 bits per heavy atom. The van der Waals surface area contributed by atoms with Gasteiger partial charge in [0.15, 0.2) is 5.82 Å². The van der Waals surface area contributed by atoms with Crippen LogP contribution in [-0.2, 0) is 5.41 Å². The molecule has 1 unspecified atom stereocenters. The Balaban J connectivity index is 2.45. The standard InChI is InChI=1S/C16H27N5/c1-6-20(11-12(2)10-17)15-13-9-14(16(3,4)5)19-21(13)8-7-18-15/h7-9,12H,6,10-11,17H2,1-5H3. The molecule has 2 aromatic heterocycles. The Hall–Kier alpha value is -1.62. The van der Waals surface area contributed by atoms with Gasteiger partial charge in [-0.2, -0.15) is 5.10 Å². The van der Waals surface area contributed by atoms with E-state index in [4.69, 9.17) is 5.73 Å². The van der Waals surface area contributed by atoms with Gasteiger partial charge in [-0.3, -0.25) is 0 Å². The first-order valence-corrected chi connectivity index (χ1v) is 7.66. The maximum Gasteiger partial charge on any atom is 0.154 e. The molecule has 0 radical (unpaired) electrons. The summed E-state index contributed by atoms with van der Waals surface area (Å²) in [7, 11) is 0. The van der Waals surface area contributed by atoms with Gasteiger partial charge in [-0.15, -0.1) is 0 Å². The summed E-state index contributed by atoms with van der Waals surface area (Å²) in [6.07, 6.45) is 3.73. The van der Waals surface area contributed by atoms with Crippen molar-refractivity contribution in [2.75, 3.05) is 24.5 Å². The highest BCUT2D eigenvalue weighted by atomic mass is 15.3. The molecule has 2 aromatic rings. The molecule has 0 saturated heterocycles. The van der Waals surface area contributed by atoms with E-state index in [9.17, 15) is 0 Å². The average molecular weight is 289 g/mol. The van der Waals surface area contributed by atoms with Crippen molar-refractivity contribution < 1.29 is 0 Å². The largest absolute Gasteiger partial charge is 0.355 e. The minimum absolute atomic E-state index is 0.0326. The molecule has 0 saturated carbocycles. The number of hydrogen-bond acceptors (Lipinski definition) is 4. The highest BCUT2D eigenvalue weighted by Crippen LogP contribution is 2.26. The molecule has 5 heteroatoms. The van der Waals surface area contributed by atoms with E-state index < -0.39 is 0 Å². The molecule has 2 heterocycles. The number of hydrogen-bond donors (Lipinski definition) is 1. The third-order valence-electron chi connectivity index (χ3n) is 3.75. The minimum atomic E-state index is 0.0326. The summed E-state index contributed by atoms with van der Waals surface area (Å²) in [5.41, 5.74) is 7.94. The van der Waals surface area contributed by atoms with E-state index in [-0.39, 0.29) is 5.41 Å². The summed E-state index contributed by atoms with van der Waals surface area (Å²) in [4.78, 5) is 6.86. The van der Waals surface area contributed by atoms with Crippen LogP contribution in [0.25, 0.3) is 5.52 Å². The highest BCUT2D eigenvalue weighted by Gasteiger charge is 2.20. The maximum atomic E-state index is 5.76. The molecule has 116 valence electrons. The predicted octanol–water partition coefficient (Wildman–Crippen LogP) is 2.45. The smallest absolute Gasteiger partial charge is 0.154 e.